The summed E-state index contributed by atoms with van der Waals surface area (Å²) in [7, 11) is -3.52. The summed E-state index contributed by atoms with van der Waals surface area (Å²) in [5.41, 5.74) is -0.673. The molecule has 0 aliphatic carbocycles. The van der Waals surface area contributed by atoms with Crippen molar-refractivity contribution in [3.05, 3.63) is 0 Å². The summed E-state index contributed by atoms with van der Waals surface area (Å²) < 4.78 is 28.5. The fraction of sp³-hybridized carbons (Fsp3) is 0.846. The lowest BCUT2D eigenvalue weighted by Crippen LogP contribution is -2.47. The largest absolute Gasteiger partial charge is 0.481 e. The second kappa shape index (κ2) is 4.86. The van der Waals surface area contributed by atoms with Crippen LogP contribution in [0.1, 0.15) is 33.6 Å². The molecule has 2 rings (SSSR count). The second-order valence-electron chi connectivity index (χ2n) is 6.72. The first kappa shape index (κ1) is 16.1. The van der Waals surface area contributed by atoms with Gasteiger partial charge in [0.2, 0.25) is 0 Å². The van der Waals surface area contributed by atoms with Gasteiger partial charge in [-0.05, 0) is 33.6 Å². The van der Waals surface area contributed by atoms with Crippen LogP contribution in [0, 0.1) is 5.92 Å². The van der Waals surface area contributed by atoms with E-state index in [0.717, 1.165) is 0 Å². The Bertz CT molecular complexity index is 564. The topological polar surface area (TPSA) is 101 Å². The molecular formula is C13H21NO6S. The number of carboxylic acids is 1. The van der Waals surface area contributed by atoms with E-state index in [0.29, 0.717) is 0 Å². The number of hydrogen-bond donors (Lipinski definition) is 1. The SMILES string of the molecule is CC(C)(C)OC(=O)N1CCC2(C1)C(C(=O)O)CCS2(=O)=O. The summed E-state index contributed by atoms with van der Waals surface area (Å²) in [4.78, 5) is 24.7. The lowest BCUT2D eigenvalue weighted by molar-refractivity contribution is -0.142. The Labute approximate surface area is 124 Å². The molecule has 2 unspecified atom stereocenters. The van der Waals surface area contributed by atoms with Gasteiger partial charge in [-0.3, -0.25) is 4.79 Å². The molecule has 2 fully saturated rings. The first-order chi connectivity index (χ1) is 9.48. The molecule has 2 aliphatic heterocycles. The Morgan fingerprint density at radius 2 is 1.95 bits per heavy atom. The number of aliphatic carboxylic acids is 1. The van der Waals surface area contributed by atoms with Crippen molar-refractivity contribution in [1.82, 2.24) is 4.90 Å². The zero-order valence-corrected chi connectivity index (χ0v) is 13.3. The van der Waals surface area contributed by atoms with Gasteiger partial charge in [-0.1, -0.05) is 0 Å². The van der Waals surface area contributed by atoms with Crippen molar-refractivity contribution >= 4 is 21.9 Å². The highest BCUT2D eigenvalue weighted by Crippen LogP contribution is 2.45. The molecular weight excluding hydrogens is 298 g/mol. The van der Waals surface area contributed by atoms with Crippen molar-refractivity contribution in [1.29, 1.82) is 0 Å². The molecule has 2 aliphatic rings. The van der Waals surface area contributed by atoms with E-state index in [1.165, 1.54) is 4.90 Å². The van der Waals surface area contributed by atoms with Gasteiger partial charge in [-0.25, -0.2) is 13.2 Å². The minimum absolute atomic E-state index is 0.0960. The third-order valence-electron chi connectivity index (χ3n) is 4.14. The molecule has 2 heterocycles. The number of sulfone groups is 1. The monoisotopic (exact) mass is 319 g/mol. The number of carbonyl (C=O) groups is 2. The smallest absolute Gasteiger partial charge is 0.410 e. The number of carboxylic acid groups (broad SMARTS) is 1. The van der Waals surface area contributed by atoms with Crippen molar-refractivity contribution in [3.8, 4) is 0 Å². The molecule has 0 aromatic heterocycles. The minimum atomic E-state index is -3.52. The molecule has 0 saturated carbocycles. The third-order valence-corrected chi connectivity index (χ3v) is 6.77. The van der Waals surface area contributed by atoms with Crippen LogP contribution in [0.15, 0.2) is 0 Å². The Balaban J connectivity index is 2.23. The molecule has 21 heavy (non-hydrogen) atoms. The fourth-order valence-corrected chi connectivity index (χ4v) is 5.49. The van der Waals surface area contributed by atoms with Crippen LogP contribution in [-0.4, -0.2) is 59.7 Å². The van der Waals surface area contributed by atoms with E-state index >= 15 is 0 Å². The number of ether oxygens (including phenoxy) is 1. The molecule has 0 aromatic carbocycles. The van der Waals surface area contributed by atoms with Crippen LogP contribution in [0.25, 0.3) is 0 Å². The van der Waals surface area contributed by atoms with Gasteiger partial charge in [-0.2, -0.15) is 0 Å². The number of rotatable bonds is 1. The lowest BCUT2D eigenvalue weighted by Gasteiger charge is -2.28. The van der Waals surface area contributed by atoms with E-state index < -0.39 is 38.2 Å². The summed E-state index contributed by atoms with van der Waals surface area (Å²) in [5.74, 6) is -2.19. The summed E-state index contributed by atoms with van der Waals surface area (Å²) in [6.45, 7) is 5.29. The quantitative estimate of drug-likeness (QED) is 0.770. The number of likely N-dealkylation sites (tertiary alicyclic amines) is 1. The van der Waals surface area contributed by atoms with E-state index in [-0.39, 0.29) is 31.7 Å². The second-order valence-corrected chi connectivity index (χ2v) is 9.17. The molecule has 8 heteroatoms. The number of amides is 1. The maximum absolute atomic E-state index is 12.3. The number of nitrogens with zero attached hydrogens (tertiary/aromatic N) is 1. The molecule has 1 amide bonds. The Kier molecular flexibility index (Phi) is 3.72. The average Bonchev–Trinajstić information content (AvgIpc) is 2.82. The van der Waals surface area contributed by atoms with Gasteiger partial charge < -0.3 is 14.7 Å². The van der Waals surface area contributed by atoms with Crippen molar-refractivity contribution in [2.24, 2.45) is 5.92 Å². The van der Waals surface area contributed by atoms with Crippen LogP contribution in [0.4, 0.5) is 4.79 Å². The van der Waals surface area contributed by atoms with Crippen molar-refractivity contribution < 1.29 is 27.9 Å². The molecule has 0 aromatic rings. The van der Waals surface area contributed by atoms with Crippen molar-refractivity contribution in [2.45, 2.75) is 44.0 Å². The van der Waals surface area contributed by atoms with Gasteiger partial charge in [0, 0.05) is 13.1 Å². The van der Waals surface area contributed by atoms with Crippen molar-refractivity contribution in [3.63, 3.8) is 0 Å². The maximum atomic E-state index is 12.3. The van der Waals surface area contributed by atoms with E-state index in [9.17, 15) is 23.1 Å². The first-order valence-electron chi connectivity index (χ1n) is 6.92. The highest BCUT2D eigenvalue weighted by atomic mass is 32.2. The molecule has 120 valence electrons. The summed E-state index contributed by atoms with van der Waals surface area (Å²) in [6.07, 6.45) is -0.323. The standard InChI is InChI=1S/C13H21NO6S/c1-12(2,3)20-11(17)14-6-5-13(8-14)9(10(15)16)4-7-21(13,18)19/h9H,4-8H2,1-3H3,(H,15,16). The molecule has 7 nitrogen and oxygen atoms in total. The van der Waals surface area contributed by atoms with Gasteiger partial charge in [0.15, 0.2) is 9.84 Å². The van der Waals surface area contributed by atoms with E-state index in [1.807, 2.05) is 0 Å². The van der Waals surface area contributed by atoms with Crippen LogP contribution in [0.2, 0.25) is 0 Å². The van der Waals surface area contributed by atoms with Gasteiger partial charge in [0.05, 0.1) is 11.7 Å². The Morgan fingerprint density at radius 1 is 1.33 bits per heavy atom. The molecule has 1 spiro atoms. The van der Waals surface area contributed by atoms with Gasteiger partial charge in [0.1, 0.15) is 10.3 Å². The molecule has 0 bridgehead atoms. The molecule has 1 N–H and O–H groups in total. The minimum Gasteiger partial charge on any atom is -0.481 e. The molecule has 0 radical (unpaired) electrons. The van der Waals surface area contributed by atoms with Gasteiger partial charge in [-0.15, -0.1) is 0 Å². The van der Waals surface area contributed by atoms with Crippen LogP contribution in [-0.2, 0) is 19.4 Å². The van der Waals surface area contributed by atoms with E-state index in [1.54, 1.807) is 20.8 Å². The van der Waals surface area contributed by atoms with Crippen LogP contribution >= 0.6 is 0 Å². The third kappa shape index (κ3) is 2.73. The Morgan fingerprint density at radius 3 is 2.48 bits per heavy atom. The zero-order valence-electron chi connectivity index (χ0n) is 12.5. The average molecular weight is 319 g/mol. The first-order valence-corrected chi connectivity index (χ1v) is 8.57. The lowest BCUT2D eigenvalue weighted by atomic mass is 9.89. The van der Waals surface area contributed by atoms with Crippen LogP contribution in [0.5, 0.6) is 0 Å². The Hall–Kier alpha value is -1.31. The number of hydrogen-bond acceptors (Lipinski definition) is 5. The zero-order chi connectivity index (χ0) is 16.1. The van der Waals surface area contributed by atoms with E-state index in [2.05, 4.69) is 0 Å². The van der Waals surface area contributed by atoms with Crippen LogP contribution < -0.4 is 0 Å². The maximum Gasteiger partial charge on any atom is 0.410 e. The van der Waals surface area contributed by atoms with E-state index in [4.69, 9.17) is 4.74 Å². The highest BCUT2D eigenvalue weighted by molar-refractivity contribution is 7.93. The fourth-order valence-electron chi connectivity index (χ4n) is 3.13. The molecule has 2 saturated heterocycles. The summed E-state index contributed by atoms with van der Waals surface area (Å²) >= 11 is 0. The predicted molar refractivity (Wildman–Crippen MR) is 74.7 cm³/mol. The summed E-state index contributed by atoms with van der Waals surface area (Å²) in [5, 5.41) is 9.28. The highest BCUT2D eigenvalue weighted by Gasteiger charge is 2.61. The number of carbonyl (C=O) groups excluding carboxylic acids is 1. The van der Waals surface area contributed by atoms with Gasteiger partial charge in [0.25, 0.3) is 0 Å². The molecule has 2 atom stereocenters. The van der Waals surface area contributed by atoms with Crippen molar-refractivity contribution in [2.75, 3.05) is 18.8 Å². The summed E-state index contributed by atoms with van der Waals surface area (Å²) in [6, 6.07) is 0. The predicted octanol–water partition coefficient (Wildman–Crippen LogP) is 0.885. The van der Waals surface area contributed by atoms with Gasteiger partial charge >= 0.3 is 12.1 Å². The van der Waals surface area contributed by atoms with Crippen LogP contribution in [0.3, 0.4) is 0 Å². The normalized spacial score (nSPS) is 31.6.